The zero-order chi connectivity index (χ0) is 28.1. The van der Waals surface area contributed by atoms with Gasteiger partial charge in [0.25, 0.3) is 17.6 Å². The second-order valence-electron chi connectivity index (χ2n) is 9.40. The number of hydrogen-bond donors (Lipinski definition) is 1. The van der Waals surface area contributed by atoms with Gasteiger partial charge >= 0.3 is 0 Å². The summed E-state index contributed by atoms with van der Waals surface area (Å²) in [5.41, 5.74) is -0.924. The summed E-state index contributed by atoms with van der Waals surface area (Å²) in [6, 6.07) is 15.6. The van der Waals surface area contributed by atoms with Crippen molar-refractivity contribution in [2.75, 3.05) is 25.5 Å². The molecule has 1 saturated heterocycles. The number of hydrogen-bond acceptors (Lipinski definition) is 7. The van der Waals surface area contributed by atoms with Crippen LogP contribution in [-0.4, -0.2) is 66.0 Å². The molecule has 1 N–H and O–H groups in total. The molecule has 3 heterocycles. The molecule has 2 aliphatic heterocycles. The third-order valence-corrected chi connectivity index (χ3v) is 8.89. The third kappa shape index (κ3) is 3.76. The molecule has 2 amide bonds. The maximum absolute atomic E-state index is 14.3. The summed E-state index contributed by atoms with van der Waals surface area (Å²) in [4.78, 5) is 48.2. The lowest BCUT2D eigenvalue weighted by Gasteiger charge is -2.34. The number of pyridine rings is 1. The molecule has 3 aromatic rings. The van der Waals surface area contributed by atoms with E-state index in [4.69, 9.17) is 0 Å². The summed E-state index contributed by atoms with van der Waals surface area (Å²) in [5.74, 6) is -3.20. The van der Waals surface area contributed by atoms with Gasteiger partial charge in [0.2, 0.25) is 10.0 Å². The summed E-state index contributed by atoms with van der Waals surface area (Å²) >= 11 is 0. The lowest BCUT2D eigenvalue weighted by atomic mass is 9.81. The molecule has 1 aromatic heterocycles. The van der Waals surface area contributed by atoms with Gasteiger partial charge in [-0.25, -0.2) is 12.7 Å². The van der Waals surface area contributed by atoms with Gasteiger partial charge in [-0.3, -0.25) is 19.4 Å². The van der Waals surface area contributed by atoms with Crippen LogP contribution < -0.4 is 4.90 Å². The zero-order valence-electron chi connectivity index (χ0n) is 21.5. The van der Waals surface area contributed by atoms with Crippen LogP contribution in [0.1, 0.15) is 23.6 Å². The highest BCUT2D eigenvalue weighted by Gasteiger charge is 2.67. The van der Waals surface area contributed by atoms with Crippen LogP contribution >= 0.6 is 0 Å². The Morgan fingerprint density at radius 2 is 1.77 bits per heavy atom. The minimum atomic E-state index is -3.88. The van der Waals surface area contributed by atoms with Crippen LogP contribution in [0.3, 0.4) is 0 Å². The van der Waals surface area contributed by atoms with Crippen molar-refractivity contribution in [3.63, 3.8) is 0 Å². The van der Waals surface area contributed by atoms with Gasteiger partial charge < -0.3 is 14.9 Å². The van der Waals surface area contributed by atoms with Crippen molar-refractivity contribution in [1.29, 1.82) is 0 Å². The number of likely N-dealkylation sites (tertiary alicyclic amines) is 1. The fourth-order valence-electron chi connectivity index (χ4n) is 5.23. The molecule has 0 radical (unpaired) electrons. The van der Waals surface area contributed by atoms with Crippen LogP contribution in [0.15, 0.2) is 83.5 Å². The number of nitrogens with zero attached hydrogens (tertiary/aromatic N) is 4. The monoisotopic (exact) mass is 546 g/mol. The Bertz CT molecular complexity index is 1650. The van der Waals surface area contributed by atoms with Crippen LogP contribution in [-0.2, 0) is 36.5 Å². The second-order valence-corrected chi connectivity index (χ2v) is 11.5. The molecule has 10 nitrogen and oxygen atoms in total. The van der Waals surface area contributed by atoms with E-state index in [1.54, 1.807) is 49.5 Å². The molecule has 1 spiro atoms. The Kier molecular flexibility index (Phi) is 6.36. The first-order valence-electron chi connectivity index (χ1n) is 12.2. The Morgan fingerprint density at radius 3 is 2.44 bits per heavy atom. The minimum Gasteiger partial charge on any atom is -0.507 e. The van der Waals surface area contributed by atoms with Crippen LogP contribution in [0, 0.1) is 0 Å². The van der Waals surface area contributed by atoms with Crippen LogP contribution in [0.25, 0.3) is 5.76 Å². The number of para-hydroxylation sites is 1. The van der Waals surface area contributed by atoms with Gasteiger partial charge in [-0.05, 0) is 36.8 Å². The molecular formula is C28H26N4O6S. The predicted octanol–water partition coefficient (Wildman–Crippen LogP) is 2.47. The van der Waals surface area contributed by atoms with E-state index in [1.165, 1.54) is 54.4 Å². The van der Waals surface area contributed by atoms with Gasteiger partial charge in [0.15, 0.2) is 5.54 Å². The lowest BCUT2D eigenvalue weighted by molar-refractivity contribution is -0.144. The summed E-state index contributed by atoms with van der Waals surface area (Å²) in [7, 11) is -1.13. The molecule has 1 atom stereocenters. The topological polar surface area (TPSA) is 128 Å². The number of carbonyl (C=O) groups excluding carboxylic acids is 3. The molecule has 2 aromatic carbocycles. The zero-order valence-corrected chi connectivity index (χ0v) is 22.3. The lowest BCUT2D eigenvalue weighted by Crippen LogP contribution is -2.51. The maximum Gasteiger partial charge on any atom is 0.296 e. The highest BCUT2D eigenvalue weighted by Crippen LogP contribution is 2.54. The van der Waals surface area contributed by atoms with Crippen LogP contribution in [0.4, 0.5) is 5.69 Å². The summed E-state index contributed by atoms with van der Waals surface area (Å²) < 4.78 is 26.6. The molecule has 5 rings (SSSR count). The number of aliphatic hydroxyl groups excluding tert-OH is 1. The van der Waals surface area contributed by atoms with Gasteiger partial charge in [0.05, 0.1) is 16.2 Å². The number of likely N-dealkylation sites (N-methyl/N-ethyl adjacent to an activating group) is 1. The van der Waals surface area contributed by atoms with Crippen molar-refractivity contribution in [2.24, 2.45) is 0 Å². The quantitative estimate of drug-likeness (QED) is 0.286. The van der Waals surface area contributed by atoms with E-state index in [2.05, 4.69) is 4.98 Å². The SMILES string of the molecule is CCN1C(=O)C2(/C(=C(/O)c3cccc(S(=O)(=O)N(C)C)c3)C(=O)C(=O)N2Cc2cccnc2)c2ccccc21. The highest BCUT2D eigenvalue weighted by molar-refractivity contribution is 7.89. The average molecular weight is 547 g/mol. The number of rotatable bonds is 6. The number of benzene rings is 2. The van der Waals surface area contributed by atoms with Gasteiger partial charge in [0.1, 0.15) is 5.76 Å². The first-order valence-corrected chi connectivity index (χ1v) is 13.6. The fraction of sp³-hybridized carbons (Fsp3) is 0.214. The first kappa shape index (κ1) is 26.3. The number of sulfonamides is 1. The predicted molar refractivity (Wildman–Crippen MR) is 143 cm³/mol. The average Bonchev–Trinajstić information content (AvgIpc) is 3.31. The van der Waals surface area contributed by atoms with Crippen molar-refractivity contribution in [1.82, 2.24) is 14.2 Å². The fourth-order valence-corrected chi connectivity index (χ4v) is 6.18. The van der Waals surface area contributed by atoms with E-state index in [0.29, 0.717) is 16.8 Å². The van der Waals surface area contributed by atoms with E-state index in [0.717, 1.165) is 4.31 Å². The molecule has 0 saturated carbocycles. The number of aliphatic hydroxyl groups is 1. The molecule has 1 fully saturated rings. The molecule has 1 unspecified atom stereocenters. The number of amides is 2. The summed E-state index contributed by atoms with van der Waals surface area (Å²) in [5, 5.41) is 11.6. The Hall–Kier alpha value is -4.35. The van der Waals surface area contributed by atoms with E-state index < -0.39 is 44.5 Å². The van der Waals surface area contributed by atoms with Crippen molar-refractivity contribution in [3.8, 4) is 0 Å². The summed E-state index contributed by atoms with van der Waals surface area (Å²) in [6.45, 7) is 1.91. The number of aromatic nitrogens is 1. The highest BCUT2D eigenvalue weighted by atomic mass is 32.2. The van der Waals surface area contributed by atoms with Crippen molar-refractivity contribution in [2.45, 2.75) is 23.9 Å². The Balaban J connectivity index is 1.81. The molecule has 200 valence electrons. The number of Topliss-reactive ketones (excluding diaryl/α,β-unsaturated/α-hetero) is 1. The van der Waals surface area contributed by atoms with E-state index in [1.807, 2.05) is 0 Å². The van der Waals surface area contributed by atoms with E-state index in [9.17, 15) is 27.9 Å². The smallest absolute Gasteiger partial charge is 0.296 e. The van der Waals surface area contributed by atoms with Gasteiger partial charge in [0, 0.05) is 50.7 Å². The molecule has 0 aliphatic carbocycles. The standard InChI is InChI=1S/C28H26N4O6S/c1-4-31-22-13-6-5-12-21(22)28(27(31)36)23(25(34)26(35)32(28)17-18-9-8-14-29-16-18)24(33)19-10-7-11-20(15-19)39(37,38)30(2)3/h5-16,33H,4,17H2,1-3H3/b24-23+. The van der Waals surface area contributed by atoms with Crippen molar-refractivity contribution >= 4 is 39.1 Å². The van der Waals surface area contributed by atoms with E-state index in [-0.39, 0.29) is 23.5 Å². The van der Waals surface area contributed by atoms with Crippen molar-refractivity contribution < 1.29 is 27.9 Å². The normalized spacial score (nSPS) is 20.4. The maximum atomic E-state index is 14.3. The van der Waals surface area contributed by atoms with Crippen LogP contribution in [0.5, 0.6) is 0 Å². The molecule has 2 aliphatic rings. The van der Waals surface area contributed by atoms with Crippen LogP contribution in [0.2, 0.25) is 0 Å². The molecule has 0 bridgehead atoms. The molecular weight excluding hydrogens is 520 g/mol. The minimum absolute atomic E-state index is 0.0168. The number of ketones is 1. The second kappa shape index (κ2) is 9.44. The Labute approximate surface area is 225 Å². The van der Waals surface area contributed by atoms with E-state index >= 15 is 0 Å². The molecule has 11 heteroatoms. The first-order chi connectivity index (χ1) is 18.6. The van der Waals surface area contributed by atoms with Crippen molar-refractivity contribution in [3.05, 3.63) is 95.3 Å². The summed E-state index contributed by atoms with van der Waals surface area (Å²) in [6.07, 6.45) is 3.10. The van der Waals surface area contributed by atoms with Gasteiger partial charge in [-0.1, -0.05) is 36.4 Å². The largest absolute Gasteiger partial charge is 0.507 e. The van der Waals surface area contributed by atoms with Gasteiger partial charge in [-0.2, -0.15) is 0 Å². The third-order valence-electron chi connectivity index (χ3n) is 7.07. The molecule has 39 heavy (non-hydrogen) atoms. The number of carbonyl (C=O) groups is 3. The Morgan fingerprint density at radius 1 is 1.03 bits per heavy atom. The van der Waals surface area contributed by atoms with Gasteiger partial charge in [-0.15, -0.1) is 0 Å². The number of anilines is 1. The number of fused-ring (bicyclic) bond motifs is 2.